The average Bonchev–Trinajstić information content (AvgIpc) is 2.16. The minimum atomic E-state index is -2.72. The molecule has 0 N–H and O–H groups in total. The van der Waals surface area contributed by atoms with Crippen LogP contribution in [-0.4, -0.2) is 10.2 Å². The molecular weight excluding hydrogens is 235 g/mol. The van der Waals surface area contributed by atoms with Crippen LogP contribution in [-0.2, 0) is 5.88 Å². The lowest BCUT2D eigenvalue weighted by atomic mass is 10.1. The van der Waals surface area contributed by atoms with Gasteiger partial charge in [0.2, 0.25) is 0 Å². The van der Waals surface area contributed by atoms with E-state index in [0.717, 1.165) is 12.4 Å². The van der Waals surface area contributed by atoms with E-state index in [4.69, 9.17) is 23.2 Å². The molecule has 76 valence electrons. The predicted molar refractivity (Wildman–Crippen MR) is 48.9 cm³/mol. The van der Waals surface area contributed by atoms with Gasteiger partial charge in [-0.15, -0.1) is 11.6 Å². The fraction of sp³-hybridized carbons (Fsp3) is 0.250. The number of pyridine rings is 1. The van der Waals surface area contributed by atoms with Gasteiger partial charge >= 0.3 is 0 Å². The number of alkyl halides is 3. The van der Waals surface area contributed by atoms with Crippen LogP contribution in [0.5, 0.6) is 0 Å². The van der Waals surface area contributed by atoms with Crippen molar-refractivity contribution in [3.63, 3.8) is 0 Å². The smallest absolute Gasteiger partial charge is 0.265 e. The van der Waals surface area contributed by atoms with E-state index < -0.39 is 11.7 Å². The Bertz CT molecular complexity index is 357. The Morgan fingerprint density at radius 1 is 1.50 bits per heavy atom. The van der Waals surface area contributed by atoms with Gasteiger partial charge in [-0.2, -0.15) is 0 Å². The minimum absolute atomic E-state index is 0.0386. The molecule has 0 spiro atoms. The molecule has 0 saturated carbocycles. The van der Waals surface area contributed by atoms with Crippen LogP contribution in [0.2, 0.25) is 0 Å². The van der Waals surface area contributed by atoms with Crippen LogP contribution in [0.4, 0.5) is 8.78 Å². The topological polar surface area (TPSA) is 30.0 Å². The molecule has 14 heavy (non-hydrogen) atoms. The standard InChI is InChI=1S/C8H5Cl2F2NO/c9-1-4-5(7(10)14)2-13-3-6(4)8(11)12/h2-3,8H,1H2. The van der Waals surface area contributed by atoms with Crippen LogP contribution in [0.15, 0.2) is 12.4 Å². The molecule has 0 bridgehead atoms. The lowest BCUT2D eigenvalue weighted by Gasteiger charge is -2.07. The number of rotatable bonds is 3. The first-order chi connectivity index (χ1) is 6.57. The summed E-state index contributed by atoms with van der Waals surface area (Å²) in [5.41, 5.74) is -0.386. The van der Waals surface area contributed by atoms with E-state index in [9.17, 15) is 13.6 Å². The van der Waals surface area contributed by atoms with Crippen molar-refractivity contribution in [3.05, 3.63) is 29.1 Å². The Morgan fingerprint density at radius 3 is 2.57 bits per heavy atom. The van der Waals surface area contributed by atoms with Gasteiger partial charge < -0.3 is 0 Å². The molecule has 6 heteroatoms. The largest absolute Gasteiger partial charge is 0.276 e. The second-order valence-corrected chi connectivity index (χ2v) is 3.07. The summed E-state index contributed by atoms with van der Waals surface area (Å²) in [6.07, 6.45) is -0.614. The van der Waals surface area contributed by atoms with Gasteiger partial charge in [0.25, 0.3) is 11.7 Å². The molecule has 0 aliphatic heterocycles. The second kappa shape index (κ2) is 4.66. The summed E-state index contributed by atoms with van der Waals surface area (Å²) in [7, 11) is 0. The van der Waals surface area contributed by atoms with Crippen LogP contribution < -0.4 is 0 Å². The normalized spacial score (nSPS) is 10.6. The zero-order valence-electron chi connectivity index (χ0n) is 6.81. The first-order valence-corrected chi connectivity index (χ1v) is 4.50. The molecule has 0 saturated heterocycles. The minimum Gasteiger partial charge on any atom is -0.276 e. The first-order valence-electron chi connectivity index (χ1n) is 3.58. The van der Waals surface area contributed by atoms with E-state index in [1.54, 1.807) is 0 Å². The molecule has 0 radical (unpaired) electrons. The van der Waals surface area contributed by atoms with Crippen molar-refractivity contribution in [2.45, 2.75) is 12.3 Å². The summed E-state index contributed by atoms with van der Waals surface area (Å²) < 4.78 is 24.8. The molecule has 0 fully saturated rings. The second-order valence-electron chi connectivity index (χ2n) is 2.46. The lowest BCUT2D eigenvalue weighted by Crippen LogP contribution is -2.02. The Labute approximate surface area is 88.8 Å². The summed E-state index contributed by atoms with van der Waals surface area (Å²) >= 11 is 10.6. The maximum Gasteiger partial charge on any atom is 0.265 e. The SMILES string of the molecule is O=C(Cl)c1cncc(C(F)F)c1CCl. The predicted octanol–water partition coefficient (Wildman–Crippen LogP) is 3.14. The van der Waals surface area contributed by atoms with Crippen LogP contribution in [0.3, 0.4) is 0 Å². The third-order valence-electron chi connectivity index (χ3n) is 1.67. The molecule has 1 rings (SSSR count). The van der Waals surface area contributed by atoms with E-state index in [2.05, 4.69) is 4.98 Å². The van der Waals surface area contributed by atoms with Crippen LogP contribution in [0.25, 0.3) is 0 Å². The van der Waals surface area contributed by atoms with Crippen molar-refractivity contribution in [3.8, 4) is 0 Å². The maximum atomic E-state index is 12.4. The van der Waals surface area contributed by atoms with Gasteiger partial charge in [0.05, 0.1) is 5.56 Å². The van der Waals surface area contributed by atoms with E-state index in [0.29, 0.717) is 0 Å². The number of carbonyl (C=O) groups excluding carboxylic acids is 1. The number of nitrogens with zero attached hydrogens (tertiary/aromatic N) is 1. The Balaban J connectivity index is 3.32. The molecule has 0 amide bonds. The van der Waals surface area contributed by atoms with Gasteiger partial charge in [0.1, 0.15) is 0 Å². The van der Waals surface area contributed by atoms with Gasteiger partial charge in [0.15, 0.2) is 0 Å². The highest BCUT2D eigenvalue weighted by molar-refractivity contribution is 6.68. The summed E-state index contributed by atoms with van der Waals surface area (Å²) in [6, 6.07) is 0. The highest BCUT2D eigenvalue weighted by atomic mass is 35.5. The maximum absolute atomic E-state index is 12.4. The summed E-state index contributed by atoms with van der Waals surface area (Å²) in [5, 5.41) is -0.837. The Kier molecular flexibility index (Phi) is 3.77. The van der Waals surface area contributed by atoms with E-state index in [-0.39, 0.29) is 22.6 Å². The quantitative estimate of drug-likeness (QED) is 0.600. The van der Waals surface area contributed by atoms with Crippen molar-refractivity contribution < 1.29 is 13.6 Å². The monoisotopic (exact) mass is 239 g/mol. The zero-order chi connectivity index (χ0) is 10.7. The number of hydrogen-bond acceptors (Lipinski definition) is 2. The lowest BCUT2D eigenvalue weighted by molar-refractivity contribution is 0.107. The van der Waals surface area contributed by atoms with Crippen molar-refractivity contribution in [2.24, 2.45) is 0 Å². The molecule has 0 aliphatic rings. The molecule has 0 aliphatic carbocycles. The fourth-order valence-corrected chi connectivity index (χ4v) is 1.47. The molecule has 1 heterocycles. The van der Waals surface area contributed by atoms with Crippen LogP contribution in [0, 0.1) is 0 Å². The summed E-state index contributed by atoms with van der Waals surface area (Å²) in [6.45, 7) is 0. The zero-order valence-corrected chi connectivity index (χ0v) is 8.32. The molecular formula is C8H5Cl2F2NO. The molecule has 0 unspecified atom stereocenters. The van der Waals surface area contributed by atoms with Gasteiger partial charge in [-0.1, -0.05) is 0 Å². The summed E-state index contributed by atoms with van der Waals surface area (Å²) in [4.78, 5) is 14.3. The third-order valence-corrected chi connectivity index (χ3v) is 2.14. The van der Waals surface area contributed by atoms with E-state index in [1.807, 2.05) is 0 Å². The molecule has 0 atom stereocenters. The van der Waals surface area contributed by atoms with Crippen LogP contribution in [0.1, 0.15) is 27.9 Å². The Morgan fingerprint density at radius 2 is 2.14 bits per heavy atom. The molecule has 1 aromatic rings. The van der Waals surface area contributed by atoms with Gasteiger partial charge in [0, 0.05) is 23.8 Å². The van der Waals surface area contributed by atoms with Crippen molar-refractivity contribution in [1.29, 1.82) is 0 Å². The number of hydrogen-bond donors (Lipinski definition) is 0. The number of aromatic nitrogens is 1. The van der Waals surface area contributed by atoms with Gasteiger partial charge in [-0.05, 0) is 17.2 Å². The fourth-order valence-electron chi connectivity index (χ4n) is 1.01. The third kappa shape index (κ3) is 2.19. The van der Waals surface area contributed by atoms with Crippen molar-refractivity contribution in [2.75, 3.05) is 0 Å². The highest BCUT2D eigenvalue weighted by Gasteiger charge is 2.18. The number of carbonyl (C=O) groups is 1. The van der Waals surface area contributed by atoms with Crippen molar-refractivity contribution >= 4 is 28.4 Å². The van der Waals surface area contributed by atoms with Gasteiger partial charge in [-0.25, -0.2) is 8.78 Å². The van der Waals surface area contributed by atoms with E-state index in [1.165, 1.54) is 0 Å². The van der Waals surface area contributed by atoms with E-state index >= 15 is 0 Å². The van der Waals surface area contributed by atoms with Crippen LogP contribution >= 0.6 is 23.2 Å². The van der Waals surface area contributed by atoms with Gasteiger partial charge in [-0.3, -0.25) is 9.78 Å². The first kappa shape index (κ1) is 11.3. The average molecular weight is 240 g/mol. The Hall–Kier alpha value is -0.740. The molecule has 1 aromatic heterocycles. The number of halogens is 4. The molecule has 2 nitrogen and oxygen atoms in total. The highest BCUT2D eigenvalue weighted by Crippen LogP contribution is 2.26. The summed E-state index contributed by atoms with van der Waals surface area (Å²) in [5.74, 6) is -0.198. The van der Waals surface area contributed by atoms with Crippen molar-refractivity contribution in [1.82, 2.24) is 4.98 Å². The molecule has 0 aromatic carbocycles.